The minimum atomic E-state index is -0.980. The van der Waals surface area contributed by atoms with Crippen LogP contribution in [0.1, 0.15) is 35.2 Å². The van der Waals surface area contributed by atoms with Gasteiger partial charge in [0.15, 0.2) is 0 Å². The van der Waals surface area contributed by atoms with Crippen LogP contribution in [-0.4, -0.2) is 30.1 Å². The molecule has 0 saturated carbocycles. The Morgan fingerprint density at radius 2 is 1.73 bits per heavy atom. The largest absolute Gasteiger partial charge is 0.478 e. The van der Waals surface area contributed by atoms with Crippen molar-refractivity contribution in [2.45, 2.75) is 25.7 Å². The molecule has 0 bridgehead atoms. The van der Waals surface area contributed by atoms with Crippen LogP contribution in [0.25, 0.3) is 0 Å². The summed E-state index contributed by atoms with van der Waals surface area (Å²) < 4.78 is 0. The first kappa shape index (κ1) is 18.3. The summed E-state index contributed by atoms with van der Waals surface area (Å²) in [5.41, 5.74) is 2.67. The van der Waals surface area contributed by atoms with Crippen molar-refractivity contribution in [2.75, 3.05) is 23.3 Å². The quantitative estimate of drug-likeness (QED) is 0.824. The van der Waals surface area contributed by atoms with Crippen molar-refractivity contribution in [3.63, 3.8) is 0 Å². The molecule has 1 saturated heterocycles. The Hall–Kier alpha value is -2.53. The minimum absolute atomic E-state index is 0.159. The van der Waals surface area contributed by atoms with E-state index in [1.54, 1.807) is 18.2 Å². The van der Waals surface area contributed by atoms with Gasteiger partial charge >= 0.3 is 5.97 Å². The van der Waals surface area contributed by atoms with Gasteiger partial charge in [0.1, 0.15) is 0 Å². The zero-order chi connectivity index (χ0) is 18.5. The summed E-state index contributed by atoms with van der Waals surface area (Å²) in [6, 6.07) is 11.9. The van der Waals surface area contributed by atoms with Crippen molar-refractivity contribution in [1.82, 2.24) is 0 Å². The fraction of sp³-hybridized carbons (Fsp3) is 0.300. The molecule has 1 aliphatic heterocycles. The molecular formula is C20H21ClN2O3. The first-order valence-electron chi connectivity index (χ1n) is 8.69. The van der Waals surface area contributed by atoms with Crippen molar-refractivity contribution in [1.29, 1.82) is 0 Å². The molecule has 2 N–H and O–H groups in total. The Morgan fingerprint density at radius 3 is 2.38 bits per heavy atom. The smallest absolute Gasteiger partial charge is 0.335 e. The summed E-state index contributed by atoms with van der Waals surface area (Å²) >= 11 is 6.12. The van der Waals surface area contributed by atoms with E-state index in [4.69, 9.17) is 16.7 Å². The molecule has 26 heavy (non-hydrogen) atoms. The molecule has 1 aliphatic rings. The highest BCUT2D eigenvalue weighted by Gasteiger charge is 2.16. The number of piperidine rings is 1. The van der Waals surface area contributed by atoms with E-state index in [1.807, 2.05) is 12.1 Å². The van der Waals surface area contributed by atoms with Crippen molar-refractivity contribution >= 4 is 34.9 Å². The van der Waals surface area contributed by atoms with Gasteiger partial charge in [-0.1, -0.05) is 23.7 Å². The average Bonchev–Trinajstić information content (AvgIpc) is 2.63. The molecule has 6 heteroatoms. The monoisotopic (exact) mass is 372 g/mol. The molecular weight excluding hydrogens is 352 g/mol. The van der Waals surface area contributed by atoms with Gasteiger partial charge in [-0.25, -0.2) is 4.79 Å². The van der Waals surface area contributed by atoms with E-state index in [-0.39, 0.29) is 17.9 Å². The van der Waals surface area contributed by atoms with Crippen LogP contribution in [-0.2, 0) is 11.2 Å². The third kappa shape index (κ3) is 4.55. The van der Waals surface area contributed by atoms with Crippen LogP contribution in [0.15, 0.2) is 42.5 Å². The molecule has 5 nitrogen and oxygen atoms in total. The lowest BCUT2D eigenvalue weighted by molar-refractivity contribution is -0.115. The number of halogens is 1. The van der Waals surface area contributed by atoms with Crippen molar-refractivity contribution in [3.05, 3.63) is 58.6 Å². The van der Waals surface area contributed by atoms with Gasteiger partial charge < -0.3 is 15.3 Å². The molecule has 0 aromatic heterocycles. The number of nitrogens with zero attached hydrogens (tertiary/aromatic N) is 1. The SMILES string of the molecule is O=C(Cc1ccc(C(=O)O)cc1)Nc1cc(Cl)ccc1N1CCCCC1. The fourth-order valence-electron chi connectivity index (χ4n) is 3.16. The summed E-state index contributed by atoms with van der Waals surface area (Å²) in [6.07, 6.45) is 3.70. The van der Waals surface area contributed by atoms with Gasteiger partial charge in [-0.15, -0.1) is 0 Å². The van der Waals surface area contributed by atoms with Gasteiger partial charge in [-0.05, 0) is 55.2 Å². The van der Waals surface area contributed by atoms with Gasteiger partial charge in [0.05, 0.1) is 23.4 Å². The molecule has 2 aromatic rings. The zero-order valence-electron chi connectivity index (χ0n) is 14.4. The predicted molar refractivity (Wildman–Crippen MR) is 103 cm³/mol. The lowest BCUT2D eigenvalue weighted by Gasteiger charge is -2.30. The van der Waals surface area contributed by atoms with Gasteiger partial charge in [-0.3, -0.25) is 4.79 Å². The highest BCUT2D eigenvalue weighted by atomic mass is 35.5. The molecule has 0 aliphatic carbocycles. The van der Waals surface area contributed by atoms with E-state index >= 15 is 0 Å². The first-order chi connectivity index (χ1) is 12.5. The normalized spacial score (nSPS) is 14.1. The highest BCUT2D eigenvalue weighted by Crippen LogP contribution is 2.31. The van der Waals surface area contributed by atoms with Crippen LogP contribution in [0.3, 0.4) is 0 Å². The Kier molecular flexibility index (Phi) is 5.78. The maximum absolute atomic E-state index is 12.5. The maximum Gasteiger partial charge on any atom is 0.335 e. The Labute approximate surface area is 157 Å². The van der Waals surface area contributed by atoms with Gasteiger partial charge in [-0.2, -0.15) is 0 Å². The average molecular weight is 373 g/mol. The minimum Gasteiger partial charge on any atom is -0.478 e. The summed E-state index contributed by atoms with van der Waals surface area (Å²) in [6.45, 7) is 1.95. The van der Waals surface area contributed by atoms with Crippen LogP contribution in [0.2, 0.25) is 5.02 Å². The second kappa shape index (κ2) is 8.23. The standard InChI is InChI=1S/C20H21ClN2O3/c21-16-8-9-18(23-10-2-1-3-11-23)17(13-16)22-19(24)12-14-4-6-15(7-5-14)20(25)26/h4-9,13H,1-3,10-12H2,(H,22,24)(H,25,26). The van der Waals surface area contributed by atoms with Crippen molar-refractivity contribution < 1.29 is 14.7 Å². The maximum atomic E-state index is 12.5. The number of nitrogens with one attached hydrogen (secondary N) is 1. The molecule has 3 rings (SSSR count). The molecule has 1 amide bonds. The number of hydrogen-bond donors (Lipinski definition) is 2. The molecule has 1 heterocycles. The van der Waals surface area contributed by atoms with Crippen LogP contribution < -0.4 is 10.2 Å². The zero-order valence-corrected chi connectivity index (χ0v) is 15.1. The molecule has 0 unspecified atom stereocenters. The van der Waals surface area contributed by atoms with Crippen LogP contribution in [0, 0.1) is 0 Å². The van der Waals surface area contributed by atoms with Gasteiger partial charge in [0, 0.05) is 18.1 Å². The number of carbonyl (C=O) groups excluding carboxylic acids is 1. The van der Waals surface area contributed by atoms with Crippen molar-refractivity contribution in [3.8, 4) is 0 Å². The van der Waals surface area contributed by atoms with Crippen LogP contribution in [0.4, 0.5) is 11.4 Å². The Morgan fingerprint density at radius 1 is 1.04 bits per heavy atom. The van der Waals surface area contributed by atoms with E-state index in [9.17, 15) is 9.59 Å². The van der Waals surface area contributed by atoms with Crippen LogP contribution in [0.5, 0.6) is 0 Å². The number of aromatic carboxylic acids is 1. The molecule has 0 spiro atoms. The molecule has 136 valence electrons. The number of carbonyl (C=O) groups is 2. The van der Waals surface area contributed by atoms with Gasteiger partial charge in [0.2, 0.25) is 5.91 Å². The second-order valence-electron chi connectivity index (χ2n) is 6.44. The van der Waals surface area contributed by atoms with E-state index < -0.39 is 5.97 Å². The number of hydrogen-bond acceptors (Lipinski definition) is 3. The lowest BCUT2D eigenvalue weighted by Crippen LogP contribution is -2.30. The molecule has 0 radical (unpaired) electrons. The van der Waals surface area contributed by atoms with E-state index in [0.29, 0.717) is 10.7 Å². The van der Waals surface area contributed by atoms with Gasteiger partial charge in [0.25, 0.3) is 0 Å². The van der Waals surface area contributed by atoms with E-state index in [2.05, 4.69) is 10.2 Å². The van der Waals surface area contributed by atoms with Crippen LogP contribution >= 0.6 is 11.6 Å². The van der Waals surface area contributed by atoms with E-state index in [0.717, 1.165) is 37.2 Å². The summed E-state index contributed by atoms with van der Waals surface area (Å²) in [5.74, 6) is -1.14. The highest BCUT2D eigenvalue weighted by molar-refractivity contribution is 6.31. The summed E-state index contributed by atoms with van der Waals surface area (Å²) in [7, 11) is 0. The second-order valence-corrected chi connectivity index (χ2v) is 6.87. The third-order valence-electron chi connectivity index (χ3n) is 4.50. The Balaban J connectivity index is 1.72. The Bertz CT molecular complexity index is 799. The predicted octanol–water partition coefficient (Wildman–Crippen LogP) is 4.21. The fourth-order valence-corrected chi connectivity index (χ4v) is 3.34. The van der Waals surface area contributed by atoms with E-state index in [1.165, 1.54) is 18.6 Å². The number of carboxylic acids is 1. The summed E-state index contributed by atoms with van der Waals surface area (Å²) in [4.78, 5) is 25.6. The number of anilines is 2. The lowest BCUT2D eigenvalue weighted by atomic mass is 10.1. The number of carboxylic acid groups (broad SMARTS) is 1. The first-order valence-corrected chi connectivity index (χ1v) is 9.07. The number of amides is 1. The summed E-state index contributed by atoms with van der Waals surface area (Å²) in [5, 5.41) is 12.5. The molecule has 2 aromatic carbocycles. The molecule has 1 fully saturated rings. The van der Waals surface area contributed by atoms with Crippen molar-refractivity contribution in [2.24, 2.45) is 0 Å². The topological polar surface area (TPSA) is 69.6 Å². The molecule has 0 atom stereocenters. The third-order valence-corrected chi connectivity index (χ3v) is 4.73. The number of rotatable bonds is 5. The number of benzene rings is 2.